The second-order valence-corrected chi connectivity index (χ2v) is 7.15. The van der Waals surface area contributed by atoms with Gasteiger partial charge in [-0.15, -0.1) is 0 Å². The number of alkyl halides is 2. The van der Waals surface area contributed by atoms with Crippen molar-refractivity contribution >= 4 is 11.6 Å². The standard InChI is InChI=1S/C18H21F2N5O/c1-11-9-14(25-17(23-11)21-10-22-25)24-15(18(2,3)4)12-5-7-13(8-6-12)26-16(19)20/h5-10,15-16,24H,1-4H3. The second-order valence-electron chi connectivity index (χ2n) is 7.15. The highest BCUT2D eigenvalue weighted by atomic mass is 19.3. The molecule has 1 aromatic carbocycles. The van der Waals surface area contributed by atoms with E-state index in [9.17, 15) is 8.78 Å². The van der Waals surface area contributed by atoms with Crippen LogP contribution in [0.5, 0.6) is 5.75 Å². The van der Waals surface area contributed by atoms with E-state index in [0.29, 0.717) is 5.78 Å². The molecule has 0 fully saturated rings. The molecule has 8 heteroatoms. The zero-order chi connectivity index (χ0) is 18.9. The Morgan fingerprint density at radius 1 is 1.15 bits per heavy atom. The van der Waals surface area contributed by atoms with Crippen molar-refractivity contribution in [1.29, 1.82) is 0 Å². The molecule has 2 aromatic heterocycles. The molecule has 0 spiro atoms. The number of halogens is 2. The van der Waals surface area contributed by atoms with Crippen LogP contribution in [0.4, 0.5) is 14.6 Å². The molecule has 1 N–H and O–H groups in total. The van der Waals surface area contributed by atoms with Crippen LogP contribution < -0.4 is 10.1 Å². The molecule has 3 aromatic rings. The predicted molar refractivity (Wildman–Crippen MR) is 94.4 cm³/mol. The molecule has 0 aliphatic rings. The minimum atomic E-state index is -2.84. The molecule has 3 rings (SSSR count). The van der Waals surface area contributed by atoms with Crippen molar-refractivity contribution in [3.05, 3.63) is 47.9 Å². The molecule has 26 heavy (non-hydrogen) atoms. The van der Waals surface area contributed by atoms with Gasteiger partial charge in [0.15, 0.2) is 0 Å². The maximum atomic E-state index is 12.4. The van der Waals surface area contributed by atoms with Crippen LogP contribution >= 0.6 is 0 Å². The Morgan fingerprint density at radius 3 is 2.46 bits per heavy atom. The number of fused-ring (bicyclic) bond motifs is 1. The fourth-order valence-corrected chi connectivity index (χ4v) is 2.82. The first kappa shape index (κ1) is 18.0. The molecule has 0 saturated carbocycles. The summed E-state index contributed by atoms with van der Waals surface area (Å²) >= 11 is 0. The van der Waals surface area contributed by atoms with Crippen molar-refractivity contribution in [1.82, 2.24) is 19.6 Å². The van der Waals surface area contributed by atoms with E-state index in [1.165, 1.54) is 6.33 Å². The average Bonchev–Trinajstić information content (AvgIpc) is 3.00. The largest absolute Gasteiger partial charge is 0.435 e. The van der Waals surface area contributed by atoms with Crippen LogP contribution in [0.1, 0.15) is 38.1 Å². The van der Waals surface area contributed by atoms with Crippen LogP contribution in [-0.2, 0) is 0 Å². The Balaban J connectivity index is 1.95. The maximum Gasteiger partial charge on any atom is 0.387 e. The summed E-state index contributed by atoms with van der Waals surface area (Å²) in [6.07, 6.45) is 1.45. The smallest absolute Gasteiger partial charge is 0.387 e. The number of hydrogen-bond donors (Lipinski definition) is 1. The van der Waals surface area contributed by atoms with Crippen LogP contribution in [0.15, 0.2) is 36.7 Å². The molecule has 0 saturated heterocycles. The quantitative estimate of drug-likeness (QED) is 0.737. The summed E-state index contributed by atoms with van der Waals surface area (Å²) in [7, 11) is 0. The van der Waals surface area contributed by atoms with E-state index >= 15 is 0 Å². The monoisotopic (exact) mass is 361 g/mol. The average molecular weight is 361 g/mol. The summed E-state index contributed by atoms with van der Waals surface area (Å²) in [6.45, 7) is 5.35. The summed E-state index contributed by atoms with van der Waals surface area (Å²) in [5.41, 5.74) is 1.61. The summed E-state index contributed by atoms with van der Waals surface area (Å²) in [5.74, 6) is 1.41. The van der Waals surface area contributed by atoms with Crippen LogP contribution in [-0.4, -0.2) is 26.2 Å². The van der Waals surface area contributed by atoms with Crippen molar-refractivity contribution < 1.29 is 13.5 Å². The molecule has 0 bridgehead atoms. The number of ether oxygens (including phenoxy) is 1. The van der Waals surface area contributed by atoms with Crippen LogP contribution in [0.25, 0.3) is 5.78 Å². The van der Waals surface area contributed by atoms with Crippen LogP contribution in [0.3, 0.4) is 0 Å². The number of hydrogen-bond acceptors (Lipinski definition) is 5. The zero-order valence-corrected chi connectivity index (χ0v) is 15.1. The number of rotatable bonds is 5. The molecular weight excluding hydrogens is 340 g/mol. The fraction of sp³-hybridized carbons (Fsp3) is 0.389. The molecule has 0 aliphatic carbocycles. The minimum absolute atomic E-state index is 0.0997. The first-order chi connectivity index (χ1) is 12.2. The summed E-state index contributed by atoms with van der Waals surface area (Å²) < 4.78 is 30.8. The van der Waals surface area contributed by atoms with E-state index < -0.39 is 6.61 Å². The third-order valence-electron chi connectivity index (χ3n) is 3.98. The van der Waals surface area contributed by atoms with Gasteiger partial charge in [-0.05, 0) is 30.0 Å². The summed E-state index contributed by atoms with van der Waals surface area (Å²) in [6, 6.07) is 8.46. The van der Waals surface area contributed by atoms with Gasteiger partial charge in [-0.25, -0.2) is 4.98 Å². The van der Waals surface area contributed by atoms with E-state index in [2.05, 4.69) is 45.9 Å². The lowest BCUT2D eigenvalue weighted by molar-refractivity contribution is -0.0498. The molecule has 6 nitrogen and oxygen atoms in total. The van der Waals surface area contributed by atoms with E-state index in [4.69, 9.17) is 0 Å². The van der Waals surface area contributed by atoms with Gasteiger partial charge < -0.3 is 10.1 Å². The first-order valence-electron chi connectivity index (χ1n) is 8.23. The molecular formula is C18H21F2N5O. The second kappa shape index (κ2) is 6.86. The highest BCUT2D eigenvalue weighted by Gasteiger charge is 2.27. The van der Waals surface area contributed by atoms with Gasteiger partial charge in [-0.2, -0.15) is 23.4 Å². The van der Waals surface area contributed by atoms with Crippen molar-refractivity contribution in [3.63, 3.8) is 0 Å². The van der Waals surface area contributed by atoms with Gasteiger partial charge in [-0.1, -0.05) is 32.9 Å². The van der Waals surface area contributed by atoms with Gasteiger partial charge in [-0.3, -0.25) is 0 Å². The third kappa shape index (κ3) is 3.89. The number of nitrogens with zero attached hydrogens (tertiary/aromatic N) is 4. The van der Waals surface area contributed by atoms with E-state index in [0.717, 1.165) is 17.1 Å². The van der Waals surface area contributed by atoms with Crippen LogP contribution in [0.2, 0.25) is 0 Å². The third-order valence-corrected chi connectivity index (χ3v) is 3.98. The van der Waals surface area contributed by atoms with E-state index in [-0.39, 0.29) is 17.2 Å². The lowest BCUT2D eigenvalue weighted by Crippen LogP contribution is -2.27. The van der Waals surface area contributed by atoms with E-state index in [1.54, 1.807) is 28.8 Å². The number of aryl methyl sites for hydroxylation is 1. The lowest BCUT2D eigenvalue weighted by atomic mass is 9.82. The molecule has 1 atom stereocenters. The van der Waals surface area contributed by atoms with E-state index in [1.807, 2.05) is 13.0 Å². The Hall–Kier alpha value is -2.77. The van der Waals surface area contributed by atoms with Crippen molar-refractivity contribution in [2.45, 2.75) is 40.3 Å². The Bertz CT molecular complexity index is 887. The Kier molecular flexibility index (Phi) is 4.76. The Morgan fingerprint density at radius 2 is 1.85 bits per heavy atom. The molecule has 1 unspecified atom stereocenters. The summed E-state index contributed by atoms with van der Waals surface area (Å²) in [5, 5.41) is 7.71. The topological polar surface area (TPSA) is 64.3 Å². The number of anilines is 1. The Labute approximate surface area is 150 Å². The number of benzene rings is 1. The minimum Gasteiger partial charge on any atom is -0.435 e. The van der Waals surface area contributed by atoms with Gasteiger partial charge in [0.25, 0.3) is 5.78 Å². The maximum absolute atomic E-state index is 12.4. The highest BCUT2D eigenvalue weighted by Crippen LogP contribution is 2.36. The number of aromatic nitrogens is 4. The molecule has 0 radical (unpaired) electrons. The summed E-state index contributed by atoms with van der Waals surface area (Å²) in [4.78, 5) is 8.47. The normalized spacial score (nSPS) is 13.2. The molecule has 2 heterocycles. The van der Waals surface area contributed by atoms with Gasteiger partial charge in [0.1, 0.15) is 17.9 Å². The lowest BCUT2D eigenvalue weighted by Gasteiger charge is -2.33. The fourth-order valence-electron chi connectivity index (χ4n) is 2.82. The number of nitrogens with one attached hydrogen (secondary N) is 1. The van der Waals surface area contributed by atoms with Gasteiger partial charge in [0, 0.05) is 11.8 Å². The van der Waals surface area contributed by atoms with Crippen molar-refractivity contribution in [2.24, 2.45) is 5.41 Å². The van der Waals surface area contributed by atoms with Gasteiger partial charge >= 0.3 is 6.61 Å². The van der Waals surface area contributed by atoms with Crippen LogP contribution in [0, 0.1) is 12.3 Å². The molecule has 0 aliphatic heterocycles. The first-order valence-corrected chi connectivity index (χ1v) is 8.23. The molecule has 0 amide bonds. The zero-order valence-electron chi connectivity index (χ0n) is 15.1. The highest BCUT2D eigenvalue weighted by molar-refractivity contribution is 5.47. The van der Waals surface area contributed by atoms with Crippen molar-refractivity contribution in [2.75, 3.05) is 5.32 Å². The molecule has 138 valence electrons. The SMILES string of the molecule is Cc1cc(NC(c2ccc(OC(F)F)cc2)C(C)(C)C)n2ncnc2n1. The van der Waals surface area contributed by atoms with Gasteiger partial charge in [0.2, 0.25) is 0 Å². The van der Waals surface area contributed by atoms with Crippen molar-refractivity contribution in [3.8, 4) is 5.75 Å². The predicted octanol–water partition coefficient (Wildman–Crippen LogP) is 4.23. The van der Waals surface area contributed by atoms with Gasteiger partial charge in [0.05, 0.1) is 6.04 Å².